The maximum absolute atomic E-state index is 13.1. The monoisotopic (exact) mass is 255 g/mol. The molecule has 1 heterocycles. The van der Waals surface area contributed by atoms with Crippen LogP contribution in [0.4, 0.5) is 4.39 Å². The third kappa shape index (κ3) is 2.34. The second kappa shape index (κ2) is 4.14. The fourth-order valence-corrected chi connectivity index (χ4v) is 2.78. The van der Waals surface area contributed by atoms with Gasteiger partial charge in [0.05, 0.1) is 5.75 Å². The summed E-state index contributed by atoms with van der Waals surface area (Å²) in [7, 11) is -1.27. The Morgan fingerprint density at radius 1 is 1.29 bits per heavy atom. The van der Waals surface area contributed by atoms with Crippen molar-refractivity contribution in [3.05, 3.63) is 35.8 Å². The van der Waals surface area contributed by atoms with Crippen molar-refractivity contribution < 1.29 is 12.8 Å². The second-order valence-electron chi connectivity index (χ2n) is 4.07. The molecule has 0 spiro atoms. The van der Waals surface area contributed by atoms with E-state index in [0.29, 0.717) is 5.69 Å². The minimum absolute atomic E-state index is 0.00367. The van der Waals surface area contributed by atoms with Crippen molar-refractivity contribution in [3.8, 4) is 0 Å². The van der Waals surface area contributed by atoms with Gasteiger partial charge in [-0.2, -0.15) is 0 Å². The Morgan fingerprint density at radius 3 is 2.65 bits per heavy atom. The quantitative estimate of drug-likeness (QED) is 0.843. The van der Waals surface area contributed by atoms with E-state index in [2.05, 4.69) is 0 Å². The normalized spacial score (nSPS) is 12.2. The van der Waals surface area contributed by atoms with Crippen LogP contribution in [0.2, 0.25) is 0 Å². The number of nitrogens with zero attached hydrogens (tertiary/aromatic N) is 1. The summed E-state index contributed by atoms with van der Waals surface area (Å²) in [6.45, 7) is 1.62. The molecule has 2 aromatic rings. The van der Waals surface area contributed by atoms with Crippen LogP contribution >= 0.6 is 0 Å². The zero-order chi connectivity index (χ0) is 12.6. The topological polar surface area (TPSA) is 39.1 Å². The van der Waals surface area contributed by atoms with Crippen molar-refractivity contribution in [2.75, 3.05) is 5.75 Å². The first kappa shape index (κ1) is 12.1. The van der Waals surface area contributed by atoms with Crippen LogP contribution in [0, 0.1) is 5.82 Å². The largest absolute Gasteiger partial charge is 0.347 e. The van der Waals surface area contributed by atoms with Crippen LogP contribution in [0.5, 0.6) is 0 Å². The Hall–Kier alpha value is -1.36. The lowest BCUT2D eigenvalue weighted by atomic mass is 10.2. The number of aryl methyl sites for hydroxylation is 1. The highest BCUT2D eigenvalue weighted by Gasteiger charge is 2.13. The van der Waals surface area contributed by atoms with Gasteiger partial charge < -0.3 is 4.57 Å². The summed E-state index contributed by atoms with van der Waals surface area (Å²) >= 11 is 0. The second-order valence-corrected chi connectivity index (χ2v) is 6.43. The SMILES string of the molecule is CCS(=O)(=O)Cc1cc2cc(F)ccc2n1C. The van der Waals surface area contributed by atoms with Crippen LogP contribution in [0.15, 0.2) is 24.3 Å². The van der Waals surface area contributed by atoms with Gasteiger partial charge in [-0.15, -0.1) is 0 Å². The molecule has 0 aliphatic carbocycles. The molecule has 0 aliphatic heterocycles. The van der Waals surface area contributed by atoms with Crippen LogP contribution in [-0.4, -0.2) is 18.7 Å². The molecular weight excluding hydrogens is 241 g/mol. The van der Waals surface area contributed by atoms with Gasteiger partial charge in [-0.1, -0.05) is 6.92 Å². The van der Waals surface area contributed by atoms with Crippen LogP contribution in [0.3, 0.4) is 0 Å². The molecule has 0 N–H and O–H groups in total. The molecule has 0 unspecified atom stereocenters. The fourth-order valence-electron chi connectivity index (χ4n) is 1.84. The average Bonchev–Trinajstić information content (AvgIpc) is 2.55. The maximum Gasteiger partial charge on any atom is 0.155 e. The summed E-state index contributed by atoms with van der Waals surface area (Å²) in [5, 5.41) is 0.730. The molecular formula is C12H14FNO2S. The first-order chi connectivity index (χ1) is 7.93. The lowest BCUT2D eigenvalue weighted by Gasteiger charge is -2.04. The van der Waals surface area contributed by atoms with Crippen molar-refractivity contribution in [1.29, 1.82) is 0 Å². The van der Waals surface area contributed by atoms with Crippen LogP contribution in [-0.2, 0) is 22.6 Å². The number of aromatic nitrogens is 1. The van der Waals surface area contributed by atoms with Crippen LogP contribution in [0.1, 0.15) is 12.6 Å². The van der Waals surface area contributed by atoms with E-state index in [1.54, 1.807) is 30.7 Å². The molecule has 1 aromatic heterocycles. The number of halogens is 1. The molecule has 0 radical (unpaired) electrons. The maximum atomic E-state index is 13.1. The zero-order valence-corrected chi connectivity index (χ0v) is 10.6. The smallest absolute Gasteiger partial charge is 0.155 e. The highest BCUT2D eigenvalue weighted by atomic mass is 32.2. The van der Waals surface area contributed by atoms with Gasteiger partial charge in [0, 0.05) is 29.4 Å². The van der Waals surface area contributed by atoms with Gasteiger partial charge in [0.2, 0.25) is 0 Å². The summed E-state index contributed by atoms with van der Waals surface area (Å²) in [6, 6.07) is 6.18. The lowest BCUT2D eigenvalue weighted by Crippen LogP contribution is -2.09. The molecule has 1 aromatic carbocycles. The van der Waals surface area contributed by atoms with E-state index in [1.807, 2.05) is 0 Å². The molecule has 0 saturated heterocycles. The standard InChI is InChI=1S/C12H14FNO2S/c1-3-17(15,16)8-11-7-9-6-10(13)4-5-12(9)14(11)2/h4-7H,3,8H2,1-2H3. The highest BCUT2D eigenvalue weighted by Crippen LogP contribution is 2.21. The molecule has 0 bridgehead atoms. The summed E-state index contributed by atoms with van der Waals surface area (Å²) in [6.07, 6.45) is 0. The predicted octanol–water partition coefficient (Wildman–Crippen LogP) is 2.25. The number of fused-ring (bicyclic) bond motifs is 1. The molecule has 92 valence electrons. The molecule has 0 saturated carbocycles. The van der Waals surface area contributed by atoms with E-state index in [0.717, 1.165) is 10.9 Å². The molecule has 0 amide bonds. The Bertz CT molecular complexity index is 658. The van der Waals surface area contributed by atoms with Crippen molar-refractivity contribution in [3.63, 3.8) is 0 Å². The van der Waals surface area contributed by atoms with Crippen LogP contribution < -0.4 is 0 Å². The summed E-state index contributed by atoms with van der Waals surface area (Å²) in [5.41, 5.74) is 1.53. The number of benzene rings is 1. The van der Waals surface area contributed by atoms with Crippen LogP contribution in [0.25, 0.3) is 10.9 Å². The third-order valence-corrected chi connectivity index (χ3v) is 4.53. The molecule has 0 atom stereocenters. The lowest BCUT2D eigenvalue weighted by molar-refractivity contribution is 0.595. The molecule has 0 fully saturated rings. The van der Waals surface area contributed by atoms with E-state index < -0.39 is 9.84 Å². The average molecular weight is 255 g/mol. The third-order valence-electron chi connectivity index (χ3n) is 2.91. The van der Waals surface area contributed by atoms with Gasteiger partial charge in [0.15, 0.2) is 9.84 Å². The predicted molar refractivity (Wildman–Crippen MR) is 66.0 cm³/mol. The Kier molecular flexibility index (Phi) is 2.95. The van der Waals surface area contributed by atoms with Crippen molar-refractivity contribution >= 4 is 20.7 Å². The summed E-state index contributed by atoms with van der Waals surface area (Å²) in [4.78, 5) is 0. The molecule has 5 heteroatoms. The van der Waals surface area contributed by atoms with E-state index in [4.69, 9.17) is 0 Å². The Labute approximate surface area is 99.8 Å². The van der Waals surface area contributed by atoms with Gasteiger partial charge in [-0.3, -0.25) is 0 Å². The highest BCUT2D eigenvalue weighted by molar-refractivity contribution is 7.90. The van der Waals surface area contributed by atoms with Crippen molar-refractivity contribution in [2.45, 2.75) is 12.7 Å². The molecule has 0 aliphatic rings. The summed E-state index contributed by atoms with van der Waals surface area (Å²) in [5.74, 6) is -0.202. The van der Waals surface area contributed by atoms with E-state index in [9.17, 15) is 12.8 Å². The van der Waals surface area contributed by atoms with E-state index >= 15 is 0 Å². The van der Waals surface area contributed by atoms with E-state index in [1.165, 1.54) is 12.1 Å². The van der Waals surface area contributed by atoms with Gasteiger partial charge in [-0.25, -0.2) is 12.8 Å². The fraction of sp³-hybridized carbons (Fsp3) is 0.333. The van der Waals surface area contributed by atoms with Gasteiger partial charge in [-0.05, 0) is 24.3 Å². The van der Waals surface area contributed by atoms with Gasteiger partial charge >= 0.3 is 0 Å². The van der Waals surface area contributed by atoms with Gasteiger partial charge in [0.25, 0.3) is 0 Å². The number of hydrogen-bond acceptors (Lipinski definition) is 2. The number of sulfone groups is 1. The van der Waals surface area contributed by atoms with Crippen molar-refractivity contribution in [2.24, 2.45) is 7.05 Å². The molecule has 17 heavy (non-hydrogen) atoms. The minimum Gasteiger partial charge on any atom is -0.347 e. The number of rotatable bonds is 3. The molecule has 3 nitrogen and oxygen atoms in total. The van der Waals surface area contributed by atoms with Crippen molar-refractivity contribution in [1.82, 2.24) is 4.57 Å². The first-order valence-corrected chi connectivity index (χ1v) is 7.19. The Balaban J connectivity index is 2.53. The summed E-state index contributed by atoms with van der Waals surface area (Å²) < 4.78 is 38.0. The Morgan fingerprint density at radius 2 is 2.00 bits per heavy atom. The van der Waals surface area contributed by atoms with E-state index in [-0.39, 0.29) is 17.3 Å². The van der Waals surface area contributed by atoms with Gasteiger partial charge in [0.1, 0.15) is 5.82 Å². The molecule has 2 rings (SSSR count). The first-order valence-electron chi connectivity index (χ1n) is 5.37. The minimum atomic E-state index is -3.07. The zero-order valence-electron chi connectivity index (χ0n) is 9.77. The number of hydrogen-bond donors (Lipinski definition) is 0.